The lowest BCUT2D eigenvalue weighted by Crippen LogP contribution is -1.97. The van der Waals surface area contributed by atoms with Crippen LogP contribution in [0.25, 0.3) is 11.3 Å². The van der Waals surface area contributed by atoms with Crippen LogP contribution < -0.4 is 4.74 Å². The van der Waals surface area contributed by atoms with E-state index in [2.05, 4.69) is 9.97 Å². The monoisotopic (exact) mass is 294 g/mol. The number of nitrogens with zero attached hydrogens (tertiary/aromatic N) is 1. The number of ether oxygens (including phenoxy) is 1. The zero-order valence-electron chi connectivity index (χ0n) is 11.7. The third kappa shape index (κ3) is 3.15. The molecule has 2 N–H and O–H groups in total. The molecule has 1 heterocycles. The largest absolute Gasteiger partial charge is 0.486 e. The van der Waals surface area contributed by atoms with Crippen LogP contribution in [0.5, 0.6) is 5.75 Å². The molecule has 22 heavy (non-hydrogen) atoms. The first kappa shape index (κ1) is 13.9. The first-order chi connectivity index (χ1) is 10.7. The van der Waals surface area contributed by atoms with E-state index in [0.717, 1.165) is 17.0 Å². The first-order valence-electron chi connectivity index (χ1n) is 6.78. The number of para-hydroxylation sites is 1. The van der Waals surface area contributed by atoms with Crippen molar-refractivity contribution in [3.8, 4) is 17.0 Å². The maximum Gasteiger partial charge on any atom is 0.335 e. The summed E-state index contributed by atoms with van der Waals surface area (Å²) < 4.78 is 5.62. The average molecular weight is 294 g/mol. The maximum atomic E-state index is 10.8. The molecule has 0 radical (unpaired) electrons. The molecule has 3 aromatic rings. The predicted octanol–water partition coefficient (Wildman–Crippen LogP) is 3.35. The number of hydrogen-bond donors (Lipinski definition) is 2. The van der Waals surface area contributed by atoms with Crippen LogP contribution in [-0.4, -0.2) is 21.0 Å². The Morgan fingerprint density at radius 2 is 1.82 bits per heavy atom. The van der Waals surface area contributed by atoms with Crippen molar-refractivity contribution in [2.24, 2.45) is 0 Å². The van der Waals surface area contributed by atoms with Crippen molar-refractivity contribution < 1.29 is 14.6 Å². The molecular formula is C17H14N2O3. The van der Waals surface area contributed by atoms with Gasteiger partial charge in [0.2, 0.25) is 0 Å². The molecule has 3 rings (SSSR count). The fourth-order valence-electron chi connectivity index (χ4n) is 2.04. The summed E-state index contributed by atoms with van der Waals surface area (Å²) in [6.07, 6.45) is 1.78. The summed E-state index contributed by atoms with van der Waals surface area (Å²) in [5, 5.41) is 8.89. The normalized spacial score (nSPS) is 10.4. The van der Waals surface area contributed by atoms with Gasteiger partial charge < -0.3 is 14.8 Å². The lowest BCUT2D eigenvalue weighted by atomic mass is 10.1. The van der Waals surface area contributed by atoms with Gasteiger partial charge in [0.15, 0.2) is 0 Å². The Bertz CT molecular complexity index is 764. The second kappa shape index (κ2) is 6.13. The number of benzene rings is 2. The quantitative estimate of drug-likeness (QED) is 0.756. The maximum absolute atomic E-state index is 10.8. The van der Waals surface area contributed by atoms with Crippen LogP contribution in [0.2, 0.25) is 0 Å². The van der Waals surface area contributed by atoms with Crippen LogP contribution >= 0.6 is 0 Å². The number of carbonyl (C=O) groups is 1. The van der Waals surface area contributed by atoms with Gasteiger partial charge in [0, 0.05) is 11.8 Å². The van der Waals surface area contributed by atoms with E-state index in [1.54, 1.807) is 30.5 Å². The minimum atomic E-state index is -0.939. The van der Waals surface area contributed by atoms with Gasteiger partial charge in [0.05, 0.1) is 11.3 Å². The molecule has 5 nitrogen and oxygen atoms in total. The minimum absolute atomic E-state index is 0.256. The number of rotatable bonds is 5. The zero-order chi connectivity index (χ0) is 15.4. The van der Waals surface area contributed by atoms with Crippen LogP contribution in [0, 0.1) is 0 Å². The molecule has 0 saturated carbocycles. The highest BCUT2D eigenvalue weighted by molar-refractivity contribution is 5.88. The third-order valence-electron chi connectivity index (χ3n) is 3.18. The van der Waals surface area contributed by atoms with Crippen LogP contribution in [0.4, 0.5) is 0 Å². The minimum Gasteiger partial charge on any atom is -0.486 e. The van der Waals surface area contributed by atoms with Crippen molar-refractivity contribution in [2.45, 2.75) is 6.61 Å². The van der Waals surface area contributed by atoms with Crippen molar-refractivity contribution in [1.82, 2.24) is 9.97 Å². The molecule has 110 valence electrons. The molecular weight excluding hydrogens is 280 g/mol. The third-order valence-corrected chi connectivity index (χ3v) is 3.18. The van der Waals surface area contributed by atoms with Gasteiger partial charge in [-0.3, -0.25) is 0 Å². The van der Waals surface area contributed by atoms with Gasteiger partial charge in [-0.1, -0.05) is 30.3 Å². The second-order valence-electron chi connectivity index (χ2n) is 4.72. The Morgan fingerprint density at radius 3 is 2.50 bits per heavy atom. The summed E-state index contributed by atoms with van der Waals surface area (Å²) in [4.78, 5) is 18.3. The van der Waals surface area contributed by atoms with E-state index in [-0.39, 0.29) is 5.56 Å². The van der Waals surface area contributed by atoms with Crippen molar-refractivity contribution in [2.75, 3.05) is 0 Å². The summed E-state index contributed by atoms with van der Waals surface area (Å²) in [5.74, 6) is 0.554. The van der Waals surface area contributed by atoms with E-state index in [1.807, 2.05) is 30.3 Å². The molecule has 0 bridgehead atoms. The molecule has 0 spiro atoms. The van der Waals surface area contributed by atoms with E-state index in [0.29, 0.717) is 12.4 Å². The number of aromatic carboxylic acids is 1. The summed E-state index contributed by atoms with van der Waals surface area (Å²) in [5.41, 5.74) is 1.86. The molecule has 0 aliphatic carbocycles. The lowest BCUT2D eigenvalue weighted by molar-refractivity contribution is 0.0697. The highest BCUT2D eigenvalue weighted by Gasteiger charge is 2.07. The first-order valence-corrected chi connectivity index (χ1v) is 6.78. The van der Waals surface area contributed by atoms with Gasteiger partial charge in [0.25, 0.3) is 0 Å². The van der Waals surface area contributed by atoms with Crippen LogP contribution in [-0.2, 0) is 6.61 Å². The van der Waals surface area contributed by atoms with Gasteiger partial charge >= 0.3 is 5.97 Å². The fourth-order valence-corrected chi connectivity index (χ4v) is 2.04. The number of imidazole rings is 1. The average Bonchev–Trinajstić information content (AvgIpc) is 3.03. The molecule has 0 saturated heterocycles. The van der Waals surface area contributed by atoms with Crippen molar-refractivity contribution in [1.29, 1.82) is 0 Å². The number of nitrogens with one attached hydrogen (secondary N) is 1. The van der Waals surface area contributed by atoms with Gasteiger partial charge in [-0.05, 0) is 24.3 Å². The highest BCUT2D eigenvalue weighted by Crippen LogP contribution is 2.18. The van der Waals surface area contributed by atoms with Gasteiger partial charge in [0.1, 0.15) is 18.2 Å². The zero-order valence-corrected chi connectivity index (χ0v) is 11.7. The molecule has 0 aliphatic rings. The van der Waals surface area contributed by atoms with Gasteiger partial charge in [-0.15, -0.1) is 0 Å². The lowest BCUT2D eigenvalue weighted by Gasteiger charge is -2.02. The molecule has 0 aliphatic heterocycles. The SMILES string of the molecule is O=C(O)c1ccc(-c2c[nH]c(COc3ccccc3)n2)cc1. The molecule has 1 aromatic heterocycles. The molecule has 0 unspecified atom stereocenters. The fraction of sp³-hybridized carbons (Fsp3) is 0.0588. The van der Waals surface area contributed by atoms with Gasteiger partial charge in [-0.2, -0.15) is 0 Å². The Labute approximate surface area is 127 Å². The Balaban J connectivity index is 1.69. The number of aromatic amines is 1. The number of carboxylic acids is 1. The Hall–Kier alpha value is -3.08. The number of aromatic nitrogens is 2. The predicted molar refractivity (Wildman–Crippen MR) is 81.8 cm³/mol. The van der Waals surface area contributed by atoms with E-state index in [1.165, 1.54) is 0 Å². The van der Waals surface area contributed by atoms with E-state index in [4.69, 9.17) is 9.84 Å². The number of H-pyrrole nitrogens is 1. The Kier molecular flexibility index (Phi) is 3.87. The number of carboxylic acid groups (broad SMARTS) is 1. The highest BCUT2D eigenvalue weighted by atomic mass is 16.5. The van der Waals surface area contributed by atoms with Crippen molar-refractivity contribution >= 4 is 5.97 Å². The van der Waals surface area contributed by atoms with Crippen LogP contribution in [0.1, 0.15) is 16.2 Å². The van der Waals surface area contributed by atoms with Crippen molar-refractivity contribution in [3.05, 3.63) is 72.2 Å². The van der Waals surface area contributed by atoms with Crippen LogP contribution in [0.3, 0.4) is 0 Å². The van der Waals surface area contributed by atoms with E-state index >= 15 is 0 Å². The van der Waals surface area contributed by atoms with Crippen molar-refractivity contribution in [3.63, 3.8) is 0 Å². The smallest absolute Gasteiger partial charge is 0.335 e. The Morgan fingerprint density at radius 1 is 1.09 bits per heavy atom. The van der Waals surface area contributed by atoms with Crippen LogP contribution in [0.15, 0.2) is 60.8 Å². The molecule has 0 atom stereocenters. The summed E-state index contributed by atoms with van der Waals surface area (Å²) in [6, 6.07) is 16.1. The van der Waals surface area contributed by atoms with Gasteiger partial charge in [-0.25, -0.2) is 9.78 Å². The summed E-state index contributed by atoms with van der Waals surface area (Å²) in [7, 11) is 0. The molecule has 0 amide bonds. The second-order valence-corrected chi connectivity index (χ2v) is 4.72. The number of hydrogen-bond acceptors (Lipinski definition) is 3. The summed E-state index contributed by atoms with van der Waals surface area (Å²) in [6.45, 7) is 0.344. The molecule has 5 heteroatoms. The van der Waals surface area contributed by atoms with E-state index in [9.17, 15) is 4.79 Å². The summed E-state index contributed by atoms with van der Waals surface area (Å²) >= 11 is 0. The van der Waals surface area contributed by atoms with E-state index < -0.39 is 5.97 Å². The molecule has 2 aromatic carbocycles. The standard InChI is InChI=1S/C17H14N2O3/c20-17(21)13-8-6-12(7-9-13)15-10-18-16(19-15)11-22-14-4-2-1-3-5-14/h1-10H,11H2,(H,18,19)(H,20,21). The molecule has 0 fully saturated rings. The topological polar surface area (TPSA) is 75.2 Å².